The maximum absolute atomic E-state index is 12.6. The lowest BCUT2D eigenvalue weighted by Gasteiger charge is -2.24. The quantitative estimate of drug-likeness (QED) is 0.716. The lowest BCUT2D eigenvalue weighted by atomic mass is 10.1. The lowest BCUT2D eigenvalue weighted by Crippen LogP contribution is -2.37. The van der Waals surface area contributed by atoms with Gasteiger partial charge in [-0.05, 0) is 24.1 Å². The van der Waals surface area contributed by atoms with Crippen LogP contribution in [0.2, 0.25) is 5.02 Å². The van der Waals surface area contributed by atoms with Crippen LogP contribution in [-0.4, -0.2) is 47.2 Å². The third-order valence-corrected chi connectivity index (χ3v) is 8.78. The standard InChI is InChI=1S/C21H21ClN2O3S2/c1-14-6-8-15(9-7-14)11-24-18-12-29(26,27)13-19(18)28-21(24)23-20(25)10-16-4-2-3-5-17(16)22/h2-9,18-19H,10-13H2,1H3/t18-,19-/m0/s1. The number of aliphatic imine (C=N–C) groups is 1. The Balaban J connectivity index is 1.58. The molecule has 2 aromatic carbocycles. The predicted octanol–water partition coefficient (Wildman–Crippen LogP) is 3.49. The third-order valence-electron chi connectivity index (χ3n) is 5.17. The molecule has 29 heavy (non-hydrogen) atoms. The SMILES string of the molecule is Cc1ccc(CN2C(=NC(=O)Cc3ccccc3Cl)S[C@H]3CS(=O)(=O)C[C@@H]32)cc1. The zero-order chi connectivity index (χ0) is 20.6. The highest BCUT2D eigenvalue weighted by molar-refractivity contribution is 8.15. The second kappa shape index (κ2) is 8.13. The van der Waals surface area contributed by atoms with E-state index in [4.69, 9.17) is 11.6 Å². The second-order valence-electron chi connectivity index (χ2n) is 7.47. The van der Waals surface area contributed by atoms with Crippen molar-refractivity contribution < 1.29 is 13.2 Å². The van der Waals surface area contributed by atoms with Crippen LogP contribution in [0.3, 0.4) is 0 Å². The molecule has 2 aromatic rings. The van der Waals surface area contributed by atoms with Crippen LogP contribution in [0.25, 0.3) is 0 Å². The Morgan fingerprint density at radius 1 is 1.17 bits per heavy atom. The normalized spacial score (nSPS) is 24.1. The minimum absolute atomic E-state index is 0.0858. The van der Waals surface area contributed by atoms with Gasteiger partial charge < -0.3 is 4.90 Å². The fraction of sp³-hybridized carbons (Fsp3) is 0.333. The highest BCUT2D eigenvalue weighted by Gasteiger charge is 2.48. The summed E-state index contributed by atoms with van der Waals surface area (Å²) in [6, 6.07) is 15.2. The number of benzene rings is 2. The maximum atomic E-state index is 12.6. The largest absolute Gasteiger partial charge is 0.342 e. The first kappa shape index (κ1) is 20.4. The molecular formula is C21H21ClN2O3S2. The van der Waals surface area contributed by atoms with E-state index < -0.39 is 9.84 Å². The van der Waals surface area contributed by atoms with Crippen molar-refractivity contribution in [3.05, 3.63) is 70.2 Å². The number of rotatable bonds is 4. The van der Waals surface area contributed by atoms with Gasteiger partial charge in [-0.25, -0.2) is 8.42 Å². The average Bonchev–Trinajstić information content (AvgIpc) is 3.11. The van der Waals surface area contributed by atoms with E-state index in [1.54, 1.807) is 6.07 Å². The third kappa shape index (κ3) is 4.68. The number of amidine groups is 1. The van der Waals surface area contributed by atoms with Gasteiger partial charge in [0.1, 0.15) is 0 Å². The van der Waals surface area contributed by atoms with Crippen LogP contribution in [-0.2, 0) is 27.6 Å². The summed E-state index contributed by atoms with van der Waals surface area (Å²) in [5.41, 5.74) is 2.96. The van der Waals surface area contributed by atoms with Gasteiger partial charge in [0.05, 0.1) is 24.0 Å². The molecule has 0 aliphatic carbocycles. The van der Waals surface area contributed by atoms with Gasteiger partial charge in [0, 0.05) is 16.8 Å². The molecular weight excluding hydrogens is 428 g/mol. The van der Waals surface area contributed by atoms with Crippen molar-refractivity contribution in [1.82, 2.24) is 4.90 Å². The molecule has 0 bridgehead atoms. The topological polar surface area (TPSA) is 66.8 Å². The van der Waals surface area contributed by atoms with E-state index in [0.29, 0.717) is 16.7 Å². The van der Waals surface area contributed by atoms with Crippen molar-refractivity contribution in [2.45, 2.75) is 31.2 Å². The summed E-state index contributed by atoms with van der Waals surface area (Å²) in [6.07, 6.45) is 0.121. The Morgan fingerprint density at radius 2 is 1.90 bits per heavy atom. The molecule has 2 aliphatic heterocycles. The molecule has 0 unspecified atom stereocenters. The summed E-state index contributed by atoms with van der Waals surface area (Å²) in [5, 5.41) is 1.06. The van der Waals surface area contributed by atoms with Crippen LogP contribution >= 0.6 is 23.4 Å². The number of fused-ring (bicyclic) bond motifs is 1. The molecule has 152 valence electrons. The number of carbonyl (C=O) groups is 1. The van der Waals surface area contributed by atoms with Gasteiger partial charge >= 0.3 is 0 Å². The Bertz CT molecular complexity index is 1070. The first-order chi connectivity index (χ1) is 13.8. The van der Waals surface area contributed by atoms with E-state index in [9.17, 15) is 13.2 Å². The number of hydrogen-bond acceptors (Lipinski definition) is 4. The first-order valence-electron chi connectivity index (χ1n) is 9.35. The van der Waals surface area contributed by atoms with Gasteiger partial charge in [0.2, 0.25) is 0 Å². The van der Waals surface area contributed by atoms with Crippen LogP contribution in [0, 0.1) is 6.92 Å². The molecule has 0 radical (unpaired) electrons. The molecule has 1 amide bonds. The zero-order valence-corrected chi connectivity index (χ0v) is 18.3. The Labute approximate surface area is 180 Å². The van der Waals surface area contributed by atoms with Crippen LogP contribution < -0.4 is 0 Å². The molecule has 0 N–H and O–H groups in total. The molecule has 0 saturated carbocycles. The fourth-order valence-corrected chi connectivity index (χ4v) is 7.83. The van der Waals surface area contributed by atoms with Crippen molar-refractivity contribution >= 4 is 44.3 Å². The molecule has 0 aromatic heterocycles. The molecule has 2 fully saturated rings. The average molecular weight is 449 g/mol. The Hall–Kier alpha value is -1.83. The predicted molar refractivity (Wildman–Crippen MR) is 118 cm³/mol. The minimum Gasteiger partial charge on any atom is -0.342 e. The van der Waals surface area contributed by atoms with Gasteiger partial charge in [-0.15, -0.1) is 0 Å². The molecule has 4 rings (SSSR count). The molecule has 2 aliphatic rings. The van der Waals surface area contributed by atoms with Crippen molar-refractivity contribution in [3.63, 3.8) is 0 Å². The number of sulfone groups is 1. The summed E-state index contributed by atoms with van der Waals surface area (Å²) in [7, 11) is -3.06. The molecule has 0 spiro atoms. The molecule has 2 atom stereocenters. The van der Waals surface area contributed by atoms with E-state index in [0.717, 1.165) is 16.7 Å². The summed E-state index contributed by atoms with van der Waals surface area (Å²) in [6.45, 7) is 2.55. The lowest BCUT2D eigenvalue weighted by molar-refractivity contribution is -0.117. The number of hydrogen-bond donors (Lipinski definition) is 0. The van der Waals surface area contributed by atoms with Crippen molar-refractivity contribution in [1.29, 1.82) is 0 Å². The molecule has 2 saturated heterocycles. The van der Waals surface area contributed by atoms with Gasteiger partial charge in [0.25, 0.3) is 5.91 Å². The van der Waals surface area contributed by atoms with E-state index in [-0.39, 0.29) is 35.1 Å². The highest BCUT2D eigenvalue weighted by atomic mass is 35.5. The van der Waals surface area contributed by atoms with Crippen molar-refractivity contribution in [2.75, 3.05) is 11.5 Å². The van der Waals surface area contributed by atoms with Crippen molar-refractivity contribution in [3.8, 4) is 0 Å². The Kier molecular flexibility index (Phi) is 5.73. The van der Waals surface area contributed by atoms with Crippen molar-refractivity contribution in [2.24, 2.45) is 4.99 Å². The van der Waals surface area contributed by atoms with Gasteiger partial charge in [0.15, 0.2) is 15.0 Å². The summed E-state index contributed by atoms with van der Waals surface area (Å²) in [4.78, 5) is 18.9. The van der Waals surface area contributed by atoms with Gasteiger partial charge in [-0.3, -0.25) is 4.79 Å². The van der Waals surface area contributed by atoms with E-state index >= 15 is 0 Å². The summed E-state index contributed by atoms with van der Waals surface area (Å²) < 4.78 is 24.3. The Morgan fingerprint density at radius 3 is 2.62 bits per heavy atom. The van der Waals surface area contributed by atoms with Crippen LogP contribution in [0.15, 0.2) is 53.5 Å². The smallest absolute Gasteiger partial charge is 0.252 e. The molecule has 8 heteroatoms. The van der Waals surface area contributed by atoms with E-state index in [1.165, 1.54) is 11.8 Å². The van der Waals surface area contributed by atoms with Crippen LogP contribution in [0.1, 0.15) is 16.7 Å². The maximum Gasteiger partial charge on any atom is 0.252 e. The number of aryl methyl sites for hydroxylation is 1. The summed E-state index contributed by atoms with van der Waals surface area (Å²) in [5.74, 6) is -0.0454. The van der Waals surface area contributed by atoms with E-state index in [1.807, 2.05) is 54.3 Å². The van der Waals surface area contributed by atoms with Crippen LogP contribution in [0.5, 0.6) is 0 Å². The zero-order valence-electron chi connectivity index (χ0n) is 15.9. The second-order valence-corrected chi connectivity index (χ2v) is 11.2. The fourth-order valence-electron chi connectivity index (χ4n) is 3.66. The summed E-state index contributed by atoms with van der Waals surface area (Å²) >= 11 is 7.56. The minimum atomic E-state index is -3.06. The number of halogens is 1. The number of carbonyl (C=O) groups excluding carboxylic acids is 1. The molecule has 2 heterocycles. The van der Waals surface area contributed by atoms with Crippen LogP contribution in [0.4, 0.5) is 0 Å². The number of amides is 1. The number of nitrogens with zero attached hydrogens (tertiary/aromatic N) is 2. The first-order valence-corrected chi connectivity index (χ1v) is 12.4. The highest BCUT2D eigenvalue weighted by Crippen LogP contribution is 2.39. The van der Waals surface area contributed by atoms with E-state index in [2.05, 4.69) is 4.99 Å². The molecule has 5 nitrogen and oxygen atoms in total. The monoisotopic (exact) mass is 448 g/mol. The van der Waals surface area contributed by atoms with Gasteiger partial charge in [-0.2, -0.15) is 4.99 Å². The number of thioether (sulfide) groups is 1. The van der Waals surface area contributed by atoms with Gasteiger partial charge in [-0.1, -0.05) is 71.4 Å².